The van der Waals surface area contributed by atoms with Gasteiger partial charge in [0.1, 0.15) is 5.75 Å². The molecule has 1 heterocycles. The van der Waals surface area contributed by atoms with Crippen LogP contribution in [0.3, 0.4) is 0 Å². The van der Waals surface area contributed by atoms with Crippen molar-refractivity contribution in [1.29, 1.82) is 0 Å². The Morgan fingerprint density at radius 1 is 1.10 bits per heavy atom. The minimum Gasteiger partial charge on any atom is -0.494 e. The lowest BCUT2D eigenvalue weighted by Gasteiger charge is -2.26. The molecule has 2 aromatic rings. The summed E-state index contributed by atoms with van der Waals surface area (Å²) in [5.74, 6) is 0.390. The van der Waals surface area contributed by atoms with Crippen LogP contribution in [-0.2, 0) is 10.9 Å². The molecule has 1 saturated heterocycles. The third-order valence-electron chi connectivity index (χ3n) is 4.77. The first kappa shape index (κ1) is 24.9. The van der Waals surface area contributed by atoms with Crippen LogP contribution in [0.25, 0.3) is 6.08 Å². The smallest absolute Gasteiger partial charge is 0.416 e. The second kappa shape index (κ2) is 11.9. The van der Waals surface area contributed by atoms with E-state index in [9.17, 15) is 18.0 Å². The van der Waals surface area contributed by atoms with Gasteiger partial charge in [-0.3, -0.25) is 9.69 Å². The number of nitrogens with zero attached hydrogens (tertiary/aromatic N) is 1. The minimum absolute atomic E-state index is 0. The molecule has 168 valence electrons. The zero-order chi connectivity index (χ0) is 21.4. The van der Waals surface area contributed by atoms with E-state index in [2.05, 4.69) is 4.90 Å². The van der Waals surface area contributed by atoms with E-state index >= 15 is 0 Å². The first-order valence-corrected chi connectivity index (χ1v) is 9.84. The molecular formula is C23H25ClF3NO3. The van der Waals surface area contributed by atoms with Crippen molar-refractivity contribution in [2.24, 2.45) is 0 Å². The van der Waals surface area contributed by atoms with Gasteiger partial charge in [0.25, 0.3) is 0 Å². The van der Waals surface area contributed by atoms with Crippen molar-refractivity contribution in [3.63, 3.8) is 0 Å². The Bertz CT molecular complexity index is 863. The third-order valence-corrected chi connectivity index (χ3v) is 4.77. The van der Waals surface area contributed by atoms with Crippen LogP contribution in [0.2, 0.25) is 0 Å². The molecule has 0 saturated carbocycles. The summed E-state index contributed by atoms with van der Waals surface area (Å²) in [5, 5.41) is 0. The largest absolute Gasteiger partial charge is 0.494 e. The molecule has 0 aromatic heterocycles. The zero-order valence-electron chi connectivity index (χ0n) is 16.9. The average molecular weight is 456 g/mol. The molecule has 0 aliphatic carbocycles. The van der Waals surface area contributed by atoms with Crippen LogP contribution in [-0.4, -0.2) is 50.1 Å². The fourth-order valence-corrected chi connectivity index (χ4v) is 3.11. The first-order chi connectivity index (χ1) is 14.4. The maximum Gasteiger partial charge on any atom is 0.416 e. The van der Waals surface area contributed by atoms with Crippen molar-refractivity contribution in [2.45, 2.75) is 12.6 Å². The Hall–Kier alpha value is -2.35. The van der Waals surface area contributed by atoms with Crippen molar-refractivity contribution < 1.29 is 27.4 Å². The lowest BCUT2D eigenvalue weighted by atomic mass is 10.1. The van der Waals surface area contributed by atoms with E-state index in [0.29, 0.717) is 23.5 Å². The number of halogens is 4. The monoisotopic (exact) mass is 455 g/mol. The molecule has 0 unspecified atom stereocenters. The summed E-state index contributed by atoms with van der Waals surface area (Å²) < 4.78 is 49.3. The number of ketones is 1. The third kappa shape index (κ3) is 8.01. The number of hydrogen-bond donors (Lipinski definition) is 0. The molecule has 8 heteroatoms. The lowest BCUT2D eigenvalue weighted by Crippen LogP contribution is -2.37. The number of carbonyl (C=O) groups excluding carboxylic acids is 1. The van der Waals surface area contributed by atoms with Crippen molar-refractivity contribution in [2.75, 3.05) is 39.5 Å². The number of carbonyl (C=O) groups is 1. The molecule has 0 spiro atoms. The lowest BCUT2D eigenvalue weighted by molar-refractivity contribution is -0.137. The summed E-state index contributed by atoms with van der Waals surface area (Å²) in [6.45, 7) is 4.99. The van der Waals surface area contributed by atoms with E-state index in [4.69, 9.17) is 9.47 Å². The number of alkyl halides is 3. The Labute approximate surface area is 186 Å². The highest BCUT2D eigenvalue weighted by molar-refractivity contribution is 6.06. The zero-order valence-corrected chi connectivity index (χ0v) is 17.8. The summed E-state index contributed by atoms with van der Waals surface area (Å²) in [5.41, 5.74) is 0.0181. The molecule has 1 aliphatic rings. The first-order valence-electron chi connectivity index (χ1n) is 9.84. The molecule has 0 atom stereocenters. The standard InChI is InChI=1S/C23H24F3NO3.ClH/c24-23(25,26)20-4-1-3-18(17-20)5-10-22(28)19-6-8-21(9-7-19)30-14-2-11-27-12-15-29-16-13-27;/h1,3-10,17H,2,11-16H2;1H/b10-5+;. The van der Waals surface area contributed by atoms with Gasteiger partial charge in [0.2, 0.25) is 0 Å². The van der Waals surface area contributed by atoms with Gasteiger partial charge in [-0.15, -0.1) is 12.4 Å². The molecule has 0 amide bonds. The molecule has 0 radical (unpaired) electrons. The SMILES string of the molecule is Cl.O=C(/C=C/c1cccc(C(F)(F)F)c1)c1ccc(OCCCN2CCOCC2)cc1. The van der Waals surface area contributed by atoms with Crippen LogP contribution >= 0.6 is 12.4 Å². The van der Waals surface area contributed by atoms with Crippen molar-refractivity contribution in [3.8, 4) is 5.75 Å². The molecule has 4 nitrogen and oxygen atoms in total. The van der Waals surface area contributed by atoms with Crippen molar-refractivity contribution >= 4 is 24.3 Å². The molecule has 0 bridgehead atoms. The molecule has 2 aromatic carbocycles. The van der Waals surface area contributed by atoms with Crippen LogP contribution in [0.5, 0.6) is 5.75 Å². The Morgan fingerprint density at radius 2 is 1.81 bits per heavy atom. The van der Waals surface area contributed by atoms with Gasteiger partial charge in [-0.25, -0.2) is 0 Å². The van der Waals surface area contributed by atoms with Gasteiger partial charge in [0.05, 0.1) is 25.4 Å². The topological polar surface area (TPSA) is 38.8 Å². The molecule has 31 heavy (non-hydrogen) atoms. The highest BCUT2D eigenvalue weighted by Gasteiger charge is 2.30. The maximum atomic E-state index is 12.8. The van der Waals surface area contributed by atoms with Gasteiger partial charge in [-0.05, 0) is 54.5 Å². The Morgan fingerprint density at radius 3 is 2.48 bits per heavy atom. The summed E-state index contributed by atoms with van der Waals surface area (Å²) >= 11 is 0. The Balaban J connectivity index is 0.00000341. The van der Waals surface area contributed by atoms with Crippen LogP contribution in [0.1, 0.15) is 27.9 Å². The van der Waals surface area contributed by atoms with Crippen LogP contribution in [0.4, 0.5) is 13.2 Å². The van der Waals surface area contributed by atoms with Crippen LogP contribution in [0, 0.1) is 0 Å². The fraction of sp³-hybridized carbons (Fsp3) is 0.348. The van der Waals surface area contributed by atoms with E-state index < -0.39 is 11.7 Å². The minimum atomic E-state index is -4.41. The maximum absolute atomic E-state index is 12.8. The summed E-state index contributed by atoms with van der Waals surface area (Å²) in [6, 6.07) is 11.6. The van der Waals surface area contributed by atoms with E-state index in [1.54, 1.807) is 24.3 Å². The van der Waals surface area contributed by atoms with E-state index in [1.165, 1.54) is 24.3 Å². The molecule has 1 fully saturated rings. The predicted molar refractivity (Wildman–Crippen MR) is 116 cm³/mol. The second-order valence-corrected chi connectivity index (χ2v) is 7.00. The molecule has 0 N–H and O–H groups in total. The average Bonchev–Trinajstić information content (AvgIpc) is 2.76. The summed E-state index contributed by atoms with van der Waals surface area (Å²) in [4.78, 5) is 14.6. The van der Waals surface area contributed by atoms with Crippen LogP contribution in [0.15, 0.2) is 54.6 Å². The molecular weight excluding hydrogens is 431 g/mol. The molecule has 1 aliphatic heterocycles. The number of benzene rings is 2. The van der Waals surface area contributed by atoms with E-state index in [1.807, 2.05) is 0 Å². The van der Waals surface area contributed by atoms with Gasteiger partial charge in [0, 0.05) is 25.2 Å². The summed E-state index contributed by atoms with van der Waals surface area (Å²) in [6.07, 6.45) is -0.854. The number of hydrogen-bond acceptors (Lipinski definition) is 4. The second-order valence-electron chi connectivity index (χ2n) is 7.00. The predicted octanol–water partition coefficient (Wildman–Crippen LogP) is 5.12. The quantitative estimate of drug-likeness (QED) is 0.314. The highest BCUT2D eigenvalue weighted by Crippen LogP contribution is 2.29. The molecule has 3 rings (SSSR count). The fourth-order valence-electron chi connectivity index (χ4n) is 3.11. The number of rotatable bonds is 8. The summed E-state index contributed by atoms with van der Waals surface area (Å²) in [7, 11) is 0. The number of morpholine rings is 1. The van der Waals surface area contributed by atoms with Crippen molar-refractivity contribution in [3.05, 3.63) is 71.3 Å². The van der Waals surface area contributed by atoms with Gasteiger partial charge in [-0.2, -0.15) is 13.2 Å². The van der Waals surface area contributed by atoms with E-state index in [-0.39, 0.29) is 18.2 Å². The Kier molecular flexibility index (Phi) is 9.55. The van der Waals surface area contributed by atoms with E-state index in [0.717, 1.165) is 51.4 Å². The van der Waals surface area contributed by atoms with Gasteiger partial charge in [0.15, 0.2) is 5.78 Å². The van der Waals surface area contributed by atoms with Gasteiger partial charge >= 0.3 is 6.18 Å². The normalized spacial score (nSPS) is 14.9. The van der Waals surface area contributed by atoms with Crippen molar-refractivity contribution in [1.82, 2.24) is 4.90 Å². The van der Waals surface area contributed by atoms with Crippen LogP contribution < -0.4 is 4.74 Å². The highest BCUT2D eigenvalue weighted by atomic mass is 35.5. The van der Waals surface area contributed by atoms with Gasteiger partial charge in [-0.1, -0.05) is 18.2 Å². The number of allylic oxidation sites excluding steroid dienone is 1. The number of ether oxygens (including phenoxy) is 2. The van der Waals surface area contributed by atoms with Gasteiger partial charge < -0.3 is 9.47 Å².